The Bertz CT molecular complexity index is 214. The van der Waals surface area contributed by atoms with Crippen molar-refractivity contribution in [3.63, 3.8) is 0 Å². The van der Waals surface area contributed by atoms with Crippen molar-refractivity contribution in [3.8, 4) is 11.8 Å². The third-order valence-corrected chi connectivity index (χ3v) is 2.97. The molecule has 1 fully saturated rings. The van der Waals surface area contributed by atoms with Gasteiger partial charge in [-0.15, -0.1) is 5.92 Å². The third-order valence-electron chi connectivity index (χ3n) is 2.97. The summed E-state index contributed by atoms with van der Waals surface area (Å²) >= 11 is 0. The molecular formula is C11H20N2. The molecule has 0 aromatic rings. The molecule has 0 heterocycles. The smallest absolute Gasteiger partial charge is 0.0581 e. The van der Waals surface area contributed by atoms with Gasteiger partial charge in [-0.3, -0.25) is 5.32 Å². The van der Waals surface area contributed by atoms with Crippen LogP contribution in [0.3, 0.4) is 0 Å². The average Bonchev–Trinajstić information content (AvgIpc) is 2.49. The largest absolute Gasteiger partial charge is 0.329 e. The summed E-state index contributed by atoms with van der Waals surface area (Å²) in [6.07, 6.45) is 3.70. The van der Waals surface area contributed by atoms with Crippen molar-refractivity contribution in [3.05, 3.63) is 0 Å². The highest BCUT2D eigenvalue weighted by atomic mass is 15.0. The van der Waals surface area contributed by atoms with Gasteiger partial charge in [0.1, 0.15) is 0 Å². The van der Waals surface area contributed by atoms with Gasteiger partial charge in [0.25, 0.3) is 0 Å². The lowest BCUT2D eigenvalue weighted by atomic mass is 9.96. The molecule has 1 aliphatic carbocycles. The summed E-state index contributed by atoms with van der Waals surface area (Å²) in [6.45, 7) is 5.68. The van der Waals surface area contributed by atoms with Crippen molar-refractivity contribution >= 4 is 0 Å². The van der Waals surface area contributed by atoms with Crippen molar-refractivity contribution in [2.75, 3.05) is 13.1 Å². The lowest BCUT2D eigenvalue weighted by molar-refractivity contribution is 0.347. The Balaban J connectivity index is 2.44. The molecule has 74 valence electrons. The molecule has 0 amide bonds. The molecule has 2 unspecified atom stereocenters. The minimum Gasteiger partial charge on any atom is -0.329 e. The number of hydrogen-bond donors (Lipinski definition) is 2. The Morgan fingerprint density at radius 3 is 2.85 bits per heavy atom. The van der Waals surface area contributed by atoms with Crippen molar-refractivity contribution in [1.82, 2.24) is 5.32 Å². The van der Waals surface area contributed by atoms with Crippen molar-refractivity contribution in [2.24, 2.45) is 11.7 Å². The summed E-state index contributed by atoms with van der Waals surface area (Å²) in [5, 5.41) is 3.48. The van der Waals surface area contributed by atoms with Crippen LogP contribution in [-0.2, 0) is 0 Å². The lowest BCUT2D eigenvalue weighted by Crippen LogP contribution is -2.49. The fourth-order valence-electron chi connectivity index (χ4n) is 2.13. The molecule has 0 aromatic heterocycles. The first kappa shape index (κ1) is 10.6. The van der Waals surface area contributed by atoms with E-state index in [4.69, 9.17) is 5.73 Å². The Morgan fingerprint density at radius 1 is 1.62 bits per heavy atom. The first-order chi connectivity index (χ1) is 6.22. The van der Waals surface area contributed by atoms with Crippen LogP contribution in [-0.4, -0.2) is 18.6 Å². The average molecular weight is 180 g/mol. The van der Waals surface area contributed by atoms with Gasteiger partial charge in [0.15, 0.2) is 0 Å². The van der Waals surface area contributed by atoms with Gasteiger partial charge in [-0.1, -0.05) is 12.8 Å². The van der Waals surface area contributed by atoms with Crippen molar-refractivity contribution in [2.45, 2.75) is 38.6 Å². The highest BCUT2D eigenvalue weighted by Gasteiger charge is 2.35. The molecule has 1 rings (SSSR count). The second-order valence-corrected chi connectivity index (χ2v) is 4.11. The molecule has 0 spiro atoms. The second kappa shape index (κ2) is 4.64. The van der Waals surface area contributed by atoms with Crippen LogP contribution in [0.4, 0.5) is 0 Å². The Labute approximate surface area is 81.3 Å². The molecule has 0 bridgehead atoms. The Morgan fingerprint density at radius 2 is 2.38 bits per heavy atom. The summed E-state index contributed by atoms with van der Waals surface area (Å²) < 4.78 is 0. The van der Waals surface area contributed by atoms with Crippen molar-refractivity contribution in [1.29, 1.82) is 0 Å². The molecule has 1 aliphatic rings. The number of rotatable bonds is 3. The minimum absolute atomic E-state index is 0.184. The summed E-state index contributed by atoms with van der Waals surface area (Å²) in [7, 11) is 0. The molecule has 3 N–H and O–H groups in total. The molecule has 0 aliphatic heterocycles. The van der Waals surface area contributed by atoms with Crippen LogP contribution in [0, 0.1) is 17.8 Å². The Kier molecular flexibility index (Phi) is 3.77. The van der Waals surface area contributed by atoms with E-state index in [-0.39, 0.29) is 5.54 Å². The molecule has 2 heteroatoms. The molecule has 1 saturated carbocycles. The zero-order chi connectivity index (χ0) is 9.73. The molecule has 2 nitrogen and oxygen atoms in total. The van der Waals surface area contributed by atoms with E-state index in [1.54, 1.807) is 0 Å². The second-order valence-electron chi connectivity index (χ2n) is 4.11. The van der Waals surface area contributed by atoms with Crippen LogP contribution in [0.2, 0.25) is 0 Å². The number of nitrogens with one attached hydrogen (secondary N) is 1. The van der Waals surface area contributed by atoms with Gasteiger partial charge in [-0.05, 0) is 32.1 Å². The summed E-state index contributed by atoms with van der Waals surface area (Å²) in [5.74, 6) is 6.73. The van der Waals surface area contributed by atoms with Crippen LogP contribution < -0.4 is 11.1 Å². The predicted octanol–water partition coefficient (Wildman–Crippen LogP) is 1.12. The fraction of sp³-hybridized carbons (Fsp3) is 0.818. The Hall–Kier alpha value is -0.520. The third kappa shape index (κ3) is 2.72. The fourth-order valence-corrected chi connectivity index (χ4v) is 2.13. The maximum Gasteiger partial charge on any atom is 0.0581 e. The summed E-state index contributed by atoms with van der Waals surface area (Å²) in [4.78, 5) is 0. The van der Waals surface area contributed by atoms with E-state index >= 15 is 0 Å². The van der Waals surface area contributed by atoms with Crippen LogP contribution in [0.15, 0.2) is 0 Å². The molecule has 0 aromatic carbocycles. The van der Waals surface area contributed by atoms with E-state index in [0.29, 0.717) is 0 Å². The first-order valence-corrected chi connectivity index (χ1v) is 5.07. The highest BCUT2D eigenvalue weighted by molar-refractivity contribution is 5.03. The van der Waals surface area contributed by atoms with Gasteiger partial charge in [-0.2, -0.15) is 0 Å². The highest BCUT2D eigenvalue weighted by Crippen LogP contribution is 2.33. The van der Waals surface area contributed by atoms with Gasteiger partial charge in [0.2, 0.25) is 0 Å². The van der Waals surface area contributed by atoms with Crippen LogP contribution in [0.5, 0.6) is 0 Å². The summed E-state index contributed by atoms with van der Waals surface area (Å²) in [5.41, 5.74) is 5.99. The first-order valence-electron chi connectivity index (χ1n) is 5.07. The lowest BCUT2D eigenvalue weighted by Gasteiger charge is -2.28. The molecule has 2 atom stereocenters. The zero-order valence-corrected chi connectivity index (χ0v) is 8.69. The van der Waals surface area contributed by atoms with Crippen LogP contribution in [0.1, 0.15) is 33.1 Å². The monoisotopic (exact) mass is 180 g/mol. The van der Waals surface area contributed by atoms with Gasteiger partial charge in [-0.25, -0.2) is 0 Å². The van der Waals surface area contributed by atoms with Crippen LogP contribution >= 0.6 is 0 Å². The summed E-state index contributed by atoms with van der Waals surface area (Å²) in [6, 6.07) is 0. The van der Waals surface area contributed by atoms with E-state index in [1.165, 1.54) is 19.3 Å². The SMILES string of the molecule is CC#CCNC1(CN)CCC(C)C1. The zero-order valence-electron chi connectivity index (χ0n) is 8.69. The van der Waals surface area contributed by atoms with Gasteiger partial charge >= 0.3 is 0 Å². The number of nitrogens with two attached hydrogens (primary N) is 1. The topological polar surface area (TPSA) is 38.0 Å². The quantitative estimate of drug-likeness (QED) is 0.639. The molecule has 0 radical (unpaired) electrons. The number of hydrogen-bond acceptors (Lipinski definition) is 2. The standard InChI is InChI=1S/C11H20N2/c1-3-4-7-13-11(9-12)6-5-10(2)8-11/h10,13H,5-9,12H2,1-2H3. The van der Waals surface area contributed by atoms with Gasteiger partial charge in [0.05, 0.1) is 6.54 Å². The van der Waals surface area contributed by atoms with E-state index in [0.717, 1.165) is 19.0 Å². The minimum atomic E-state index is 0.184. The van der Waals surface area contributed by atoms with E-state index in [2.05, 4.69) is 24.1 Å². The van der Waals surface area contributed by atoms with E-state index < -0.39 is 0 Å². The molecule has 0 saturated heterocycles. The maximum absolute atomic E-state index is 5.80. The van der Waals surface area contributed by atoms with Crippen LogP contribution in [0.25, 0.3) is 0 Å². The normalized spacial score (nSPS) is 32.7. The van der Waals surface area contributed by atoms with Gasteiger partial charge in [0, 0.05) is 12.1 Å². The maximum atomic E-state index is 5.80. The van der Waals surface area contributed by atoms with E-state index in [1.807, 2.05) is 6.92 Å². The van der Waals surface area contributed by atoms with Crippen molar-refractivity contribution < 1.29 is 0 Å². The molecule has 13 heavy (non-hydrogen) atoms. The predicted molar refractivity (Wildman–Crippen MR) is 56.3 cm³/mol. The van der Waals surface area contributed by atoms with E-state index in [9.17, 15) is 0 Å². The van der Waals surface area contributed by atoms with Gasteiger partial charge < -0.3 is 5.73 Å². The molecular weight excluding hydrogens is 160 g/mol.